The van der Waals surface area contributed by atoms with Crippen molar-refractivity contribution >= 4 is 11.5 Å². The minimum atomic E-state index is 0.388. The Labute approximate surface area is 159 Å². The third-order valence-corrected chi connectivity index (χ3v) is 5.97. The number of imidazole rings is 1. The van der Waals surface area contributed by atoms with Crippen LogP contribution < -0.4 is 10.1 Å². The molecule has 1 saturated carbocycles. The van der Waals surface area contributed by atoms with E-state index in [1.165, 1.54) is 12.8 Å². The number of benzene rings is 1. The van der Waals surface area contributed by atoms with E-state index in [0.717, 1.165) is 29.2 Å². The van der Waals surface area contributed by atoms with Gasteiger partial charge in [-0.2, -0.15) is 5.26 Å². The molecule has 6 nitrogen and oxygen atoms in total. The molecule has 0 unspecified atom stereocenters. The fourth-order valence-corrected chi connectivity index (χ4v) is 4.05. The zero-order valence-electron chi connectivity index (χ0n) is 16.0. The number of nitriles is 1. The summed E-state index contributed by atoms with van der Waals surface area (Å²) in [6.07, 6.45) is 5.37. The molecule has 0 aliphatic heterocycles. The summed E-state index contributed by atoms with van der Waals surface area (Å²) < 4.78 is 7.17. The van der Waals surface area contributed by atoms with Crippen LogP contribution in [0.1, 0.15) is 38.7 Å². The number of rotatable bonds is 4. The largest absolute Gasteiger partial charge is 0.497 e. The highest BCUT2D eigenvalue weighted by molar-refractivity contribution is 5.78. The minimum absolute atomic E-state index is 0.388. The average Bonchev–Trinajstić information content (AvgIpc) is 3.25. The minimum Gasteiger partial charge on any atom is -0.497 e. The monoisotopic (exact) mass is 363 g/mol. The van der Waals surface area contributed by atoms with Gasteiger partial charge in [-0.15, -0.1) is 0 Å². The number of hydrogen-bond acceptors (Lipinski definition) is 4. The summed E-state index contributed by atoms with van der Waals surface area (Å²) in [5.74, 6) is 3.01. The van der Waals surface area contributed by atoms with Crippen LogP contribution in [0.4, 0.5) is 5.82 Å². The second kappa shape index (κ2) is 6.99. The summed E-state index contributed by atoms with van der Waals surface area (Å²) in [7, 11) is 1.66. The standard InChI is InChI=1S/C21H25N5O/c1-13-5-4-6-18(14(13)2)24-21-19(15-7-9-17(27-3)10-8-15)25-20-16(11-22)12-23-26(20)21/h7-10,12-14,18,23-24H,4-6H2,1-3H3/t13-,14-,18+/m0/s1. The van der Waals surface area contributed by atoms with Crippen molar-refractivity contribution in [3.05, 3.63) is 36.0 Å². The fraction of sp³-hybridized carbons (Fsp3) is 0.429. The van der Waals surface area contributed by atoms with E-state index in [4.69, 9.17) is 9.72 Å². The van der Waals surface area contributed by atoms with Crippen molar-refractivity contribution in [1.29, 1.82) is 5.26 Å². The maximum Gasteiger partial charge on any atom is 0.173 e. The number of hydrogen-bond donors (Lipinski definition) is 2. The molecule has 27 heavy (non-hydrogen) atoms. The Kier molecular flexibility index (Phi) is 4.53. The molecule has 140 valence electrons. The van der Waals surface area contributed by atoms with Gasteiger partial charge in [0.1, 0.15) is 23.1 Å². The number of H-pyrrole nitrogens is 1. The van der Waals surface area contributed by atoms with E-state index in [-0.39, 0.29) is 0 Å². The maximum atomic E-state index is 9.40. The lowest BCUT2D eigenvalue weighted by Crippen LogP contribution is -2.35. The molecule has 0 spiro atoms. The lowest BCUT2D eigenvalue weighted by molar-refractivity contribution is 0.252. The number of methoxy groups -OCH3 is 1. The zero-order chi connectivity index (χ0) is 19.0. The molecule has 0 radical (unpaired) electrons. The van der Waals surface area contributed by atoms with Gasteiger partial charge in [-0.1, -0.05) is 26.7 Å². The van der Waals surface area contributed by atoms with Crippen LogP contribution in [0.25, 0.3) is 16.9 Å². The van der Waals surface area contributed by atoms with Gasteiger partial charge >= 0.3 is 0 Å². The van der Waals surface area contributed by atoms with Crippen LogP contribution in [-0.2, 0) is 0 Å². The quantitative estimate of drug-likeness (QED) is 0.718. The third kappa shape index (κ3) is 3.03. The van der Waals surface area contributed by atoms with Crippen LogP contribution in [0.5, 0.6) is 5.75 Å². The lowest BCUT2D eigenvalue weighted by atomic mass is 9.78. The van der Waals surface area contributed by atoms with Gasteiger partial charge in [-0.3, -0.25) is 5.10 Å². The van der Waals surface area contributed by atoms with Crippen LogP contribution in [0, 0.1) is 23.2 Å². The highest BCUT2D eigenvalue weighted by atomic mass is 16.5. The molecule has 4 rings (SSSR count). The normalized spacial score (nSPS) is 22.5. The number of ether oxygens (including phenoxy) is 1. The van der Waals surface area contributed by atoms with E-state index in [1.54, 1.807) is 13.3 Å². The summed E-state index contributed by atoms with van der Waals surface area (Å²) in [5.41, 5.74) is 3.05. The van der Waals surface area contributed by atoms with Gasteiger partial charge in [0.25, 0.3) is 0 Å². The average molecular weight is 363 g/mol. The smallest absolute Gasteiger partial charge is 0.173 e. The first-order chi connectivity index (χ1) is 13.1. The molecule has 2 N–H and O–H groups in total. The van der Waals surface area contributed by atoms with E-state index in [0.29, 0.717) is 29.1 Å². The Morgan fingerprint density at radius 1 is 1.26 bits per heavy atom. The molecule has 2 heterocycles. The second-order valence-electron chi connectivity index (χ2n) is 7.51. The summed E-state index contributed by atoms with van der Waals surface area (Å²) >= 11 is 0. The molecule has 6 heteroatoms. The van der Waals surface area contributed by atoms with Gasteiger partial charge in [-0.25, -0.2) is 9.50 Å². The topological polar surface area (TPSA) is 78.1 Å². The molecule has 1 aromatic carbocycles. The Morgan fingerprint density at radius 2 is 2.04 bits per heavy atom. The summed E-state index contributed by atoms with van der Waals surface area (Å²) in [6.45, 7) is 4.65. The van der Waals surface area contributed by atoms with E-state index in [1.807, 2.05) is 28.8 Å². The van der Waals surface area contributed by atoms with Crippen LogP contribution in [0.2, 0.25) is 0 Å². The Balaban J connectivity index is 1.79. The van der Waals surface area contributed by atoms with Crippen molar-refractivity contribution in [2.75, 3.05) is 12.4 Å². The summed E-state index contributed by atoms with van der Waals surface area (Å²) in [6, 6.07) is 10.5. The summed E-state index contributed by atoms with van der Waals surface area (Å²) in [5, 5.41) is 16.3. The lowest BCUT2D eigenvalue weighted by Gasteiger charge is -2.35. The van der Waals surface area contributed by atoms with Gasteiger partial charge in [0.2, 0.25) is 0 Å². The molecule has 0 bridgehead atoms. The number of nitrogens with one attached hydrogen (secondary N) is 2. The van der Waals surface area contributed by atoms with Gasteiger partial charge in [0, 0.05) is 17.8 Å². The maximum absolute atomic E-state index is 9.40. The molecule has 3 atom stereocenters. The molecule has 1 aliphatic rings. The molecular formula is C21H25N5O. The first-order valence-corrected chi connectivity index (χ1v) is 9.53. The third-order valence-electron chi connectivity index (χ3n) is 5.97. The number of aromatic amines is 1. The predicted molar refractivity (Wildman–Crippen MR) is 106 cm³/mol. The predicted octanol–water partition coefficient (Wildman–Crippen LogP) is 4.45. The number of nitrogens with zero attached hydrogens (tertiary/aromatic N) is 3. The summed E-state index contributed by atoms with van der Waals surface area (Å²) in [4.78, 5) is 4.78. The number of aromatic nitrogens is 3. The molecule has 3 aromatic rings. The van der Waals surface area contributed by atoms with Gasteiger partial charge in [0.05, 0.1) is 7.11 Å². The van der Waals surface area contributed by atoms with Gasteiger partial charge in [-0.05, 0) is 42.5 Å². The van der Waals surface area contributed by atoms with Gasteiger partial charge in [0.15, 0.2) is 11.5 Å². The molecule has 1 aliphatic carbocycles. The van der Waals surface area contributed by atoms with Crippen LogP contribution in [0.15, 0.2) is 30.5 Å². The highest BCUT2D eigenvalue weighted by Gasteiger charge is 2.29. The molecule has 2 aromatic heterocycles. The van der Waals surface area contributed by atoms with Crippen LogP contribution in [-0.4, -0.2) is 27.7 Å². The van der Waals surface area contributed by atoms with Crippen molar-refractivity contribution in [2.45, 2.75) is 39.2 Å². The van der Waals surface area contributed by atoms with E-state index >= 15 is 0 Å². The van der Waals surface area contributed by atoms with Crippen LogP contribution >= 0.6 is 0 Å². The molecule has 1 fully saturated rings. The molecule has 0 saturated heterocycles. The number of anilines is 1. The van der Waals surface area contributed by atoms with E-state index < -0.39 is 0 Å². The molecular weight excluding hydrogens is 338 g/mol. The Bertz CT molecular complexity index is 979. The van der Waals surface area contributed by atoms with Crippen LogP contribution in [0.3, 0.4) is 0 Å². The van der Waals surface area contributed by atoms with E-state index in [9.17, 15) is 5.26 Å². The van der Waals surface area contributed by atoms with Crippen molar-refractivity contribution < 1.29 is 4.74 Å². The Hall–Kier alpha value is -2.94. The van der Waals surface area contributed by atoms with Crippen molar-refractivity contribution in [3.8, 4) is 23.1 Å². The second-order valence-corrected chi connectivity index (χ2v) is 7.51. The Morgan fingerprint density at radius 3 is 2.74 bits per heavy atom. The number of fused-ring (bicyclic) bond motifs is 1. The van der Waals surface area contributed by atoms with Crippen molar-refractivity contribution in [2.24, 2.45) is 11.8 Å². The van der Waals surface area contributed by atoms with Crippen molar-refractivity contribution in [3.63, 3.8) is 0 Å². The highest BCUT2D eigenvalue weighted by Crippen LogP contribution is 2.36. The van der Waals surface area contributed by atoms with Crippen molar-refractivity contribution in [1.82, 2.24) is 14.6 Å². The fourth-order valence-electron chi connectivity index (χ4n) is 4.05. The first-order valence-electron chi connectivity index (χ1n) is 9.53. The molecule has 0 amide bonds. The van der Waals surface area contributed by atoms with E-state index in [2.05, 4.69) is 30.3 Å². The van der Waals surface area contributed by atoms with Gasteiger partial charge < -0.3 is 10.1 Å². The SMILES string of the molecule is COc1ccc(-c2nc3c(C#N)c[nH]n3c2N[C@@H]2CCC[C@H](C)[C@@H]2C)cc1. The first kappa shape index (κ1) is 17.5. The zero-order valence-corrected chi connectivity index (χ0v) is 16.0.